The number of carbonyl (C=O) groups excluding carboxylic acids is 2. The number of likely N-dealkylation sites (N-methyl/N-ethyl adjacent to an activating group) is 1. The van der Waals surface area contributed by atoms with Crippen LogP contribution in [0.1, 0.15) is 64.6 Å². The zero-order valence-corrected chi connectivity index (χ0v) is 23.7. The first-order valence-electron chi connectivity index (χ1n) is 13.8. The molecule has 2 saturated heterocycles. The van der Waals surface area contributed by atoms with Gasteiger partial charge in [0.25, 0.3) is 0 Å². The van der Waals surface area contributed by atoms with Gasteiger partial charge in [-0.1, -0.05) is 19.9 Å². The van der Waals surface area contributed by atoms with Crippen molar-refractivity contribution in [2.45, 2.75) is 71.1 Å². The first-order valence-corrected chi connectivity index (χ1v) is 13.8. The zero-order valence-electron chi connectivity index (χ0n) is 23.7. The van der Waals surface area contributed by atoms with Crippen LogP contribution in [0, 0.1) is 0 Å². The Labute approximate surface area is 226 Å². The van der Waals surface area contributed by atoms with E-state index in [0.717, 1.165) is 41.9 Å². The van der Waals surface area contributed by atoms with Crippen LogP contribution in [-0.2, 0) is 9.53 Å². The van der Waals surface area contributed by atoms with Crippen LogP contribution < -0.4 is 5.32 Å². The average Bonchev–Trinajstić information content (AvgIpc) is 3.51. The number of piperidine rings is 1. The van der Waals surface area contributed by atoms with Crippen LogP contribution in [0.2, 0.25) is 0 Å². The highest BCUT2D eigenvalue weighted by Crippen LogP contribution is 2.29. The van der Waals surface area contributed by atoms with E-state index in [2.05, 4.69) is 48.6 Å². The van der Waals surface area contributed by atoms with E-state index < -0.39 is 0 Å². The molecular formula is C28H43N7O3. The maximum Gasteiger partial charge on any atom is 0.410 e. The van der Waals surface area contributed by atoms with E-state index in [1.54, 1.807) is 15.9 Å². The quantitative estimate of drug-likeness (QED) is 0.523. The lowest BCUT2D eigenvalue weighted by molar-refractivity contribution is -0.125. The highest BCUT2D eigenvalue weighted by Gasteiger charge is 2.31. The second-order valence-corrected chi connectivity index (χ2v) is 11.3. The Balaban J connectivity index is 1.30. The number of anilines is 1. The third-order valence-corrected chi connectivity index (χ3v) is 7.27. The van der Waals surface area contributed by atoms with Gasteiger partial charge in [-0.2, -0.15) is 0 Å². The summed E-state index contributed by atoms with van der Waals surface area (Å²) < 4.78 is 7.89. The van der Waals surface area contributed by atoms with Gasteiger partial charge in [0.15, 0.2) is 5.65 Å². The summed E-state index contributed by atoms with van der Waals surface area (Å²) in [6, 6.07) is 2.64. The number of imidazole rings is 1. The van der Waals surface area contributed by atoms with Crippen molar-refractivity contribution in [3.63, 3.8) is 0 Å². The molecule has 1 N–H and O–H groups in total. The van der Waals surface area contributed by atoms with Crippen LogP contribution in [0.15, 0.2) is 24.5 Å². The molecule has 2 aromatic rings. The van der Waals surface area contributed by atoms with Crippen molar-refractivity contribution in [1.82, 2.24) is 29.2 Å². The molecule has 2 aliphatic heterocycles. The number of nitrogens with one attached hydrogen (secondary N) is 1. The van der Waals surface area contributed by atoms with Crippen LogP contribution in [0.3, 0.4) is 0 Å². The largest absolute Gasteiger partial charge is 0.444 e. The molecule has 0 unspecified atom stereocenters. The van der Waals surface area contributed by atoms with Crippen molar-refractivity contribution < 1.29 is 14.3 Å². The first kappa shape index (κ1) is 27.9. The predicted octanol–water partition coefficient (Wildman–Crippen LogP) is 3.87. The highest BCUT2D eigenvalue weighted by atomic mass is 16.6. The summed E-state index contributed by atoms with van der Waals surface area (Å²) in [6.45, 7) is 11.6. The van der Waals surface area contributed by atoms with Crippen LogP contribution in [0.25, 0.3) is 11.2 Å². The van der Waals surface area contributed by atoms with Crippen molar-refractivity contribution in [1.29, 1.82) is 0 Å². The molecule has 0 bridgehead atoms. The Kier molecular flexibility index (Phi) is 8.91. The standard InChI is InChI=1S/C28H43N7O3/c1-19(2)23-16-24(26-27(31-23)35(18-29-26)20(3)4)30-21-9-13-33(14-10-21)28(37)38-22-11-15-34(17-22)25(36)8-7-12-32(5)6/h7-8,16,18-22H,9-15,17H2,1-6H3,(H,30,31)/b8-7+/t22-/m0/s1. The number of fused-ring (bicyclic) bond motifs is 1. The number of hydrogen-bond acceptors (Lipinski definition) is 7. The minimum atomic E-state index is -0.282. The van der Waals surface area contributed by atoms with Crippen LogP contribution in [0.4, 0.5) is 10.5 Å². The minimum Gasteiger partial charge on any atom is -0.444 e. The SMILES string of the molecule is CC(C)c1cc(NC2CCN(C(=O)O[C@H]3CCN(C(=O)/C=C/CN(C)C)C3)CC2)c2ncn(C(C)C)c2n1. The highest BCUT2D eigenvalue weighted by molar-refractivity contribution is 5.88. The average molecular weight is 526 g/mol. The third kappa shape index (κ3) is 6.64. The molecule has 4 heterocycles. The van der Waals surface area contributed by atoms with Crippen molar-refractivity contribution in [3.8, 4) is 0 Å². The molecule has 38 heavy (non-hydrogen) atoms. The molecule has 0 aliphatic carbocycles. The van der Waals surface area contributed by atoms with E-state index in [4.69, 9.17) is 9.72 Å². The van der Waals surface area contributed by atoms with Gasteiger partial charge in [0.05, 0.1) is 18.6 Å². The summed E-state index contributed by atoms with van der Waals surface area (Å²) in [4.78, 5) is 40.3. The molecule has 2 amide bonds. The molecule has 2 aromatic heterocycles. The minimum absolute atomic E-state index is 0.0265. The third-order valence-electron chi connectivity index (χ3n) is 7.27. The van der Waals surface area contributed by atoms with Gasteiger partial charge in [-0.15, -0.1) is 0 Å². The van der Waals surface area contributed by atoms with E-state index in [9.17, 15) is 9.59 Å². The van der Waals surface area contributed by atoms with E-state index in [1.165, 1.54) is 0 Å². The number of rotatable bonds is 8. The van der Waals surface area contributed by atoms with Gasteiger partial charge >= 0.3 is 6.09 Å². The van der Waals surface area contributed by atoms with E-state index in [0.29, 0.717) is 38.5 Å². The van der Waals surface area contributed by atoms with Crippen molar-refractivity contribution >= 4 is 28.9 Å². The maximum absolute atomic E-state index is 12.8. The normalized spacial score (nSPS) is 19.0. The molecule has 2 fully saturated rings. The lowest BCUT2D eigenvalue weighted by Gasteiger charge is -2.33. The predicted molar refractivity (Wildman–Crippen MR) is 149 cm³/mol. The van der Waals surface area contributed by atoms with Gasteiger partial charge in [0.1, 0.15) is 11.6 Å². The number of amides is 2. The van der Waals surface area contributed by atoms with Gasteiger partial charge in [0.2, 0.25) is 5.91 Å². The van der Waals surface area contributed by atoms with Gasteiger partial charge in [0, 0.05) is 56.5 Å². The molecule has 0 aromatic carbocycles. The number of likely N-dealkylation sites (tertiary alicyclic amines) is 2. The monoisotopic (exact) mass is 525 g/mol. The molecular weight excluding hydrogens is 482 g/mol. The lowest BCUT2D eigenvalue weighted by atomic mass is 10.0. The Morgan fingerprint density at radius 3 is 2.50 bits per heavy atom. The van der Waals surface area contributed by atoms with E-state index in [-0.39, 0.29) is 30.2 Å². The summed E-state index contributed by atoms with van der Waals surface area (Å²) in [7, 11) is 3.92. The van der Waals surface area contributed by atoms with E-state index >= 15 is 0 Å². The maximum atomic E-state index is 12.8. The Hall–Kier alpha value is -3.14. The van der Waals surface area contributed by atoms with Crippen molar-refractivity contribution in [3.05, 3.63) is 30.2 Å². The summed E-state index contributed by atoms with van der Waals surface area (Å²) in [6.07, 6.45) is 7.13. The fourth-order valence-electron chi connectivity index (χ4n) is 4.95. The Morgan fingerprint density at radius 2 is 1.84 bits per heavy atom. The molecule has 4 rings (SSSR count). The summed E-state index contributed by atoms with van der Waals surface area (Å²) in [5.41, 5.74) is 3.85. The van der Waals surface area contributed by atoms with E-state index in [1.807, 2.05) is 31.4 Å². The zero-order chi connectivity index (χ0) is 27.4. The van der Waals surface area contributed by atoms with Crippen LogP contribution in [-0.4, -0.2) is 100 Å². The number of carbonyl (C=O) groups is 2. The number of pyridine rings is 1. The molecule has 208 valence electrons. The number of ether oxygens (including phenoxy) is 1. The molecule has 2 aliphatic rings. The fourth-order valence-corrected chi connectivity index (χ4v) is 4.95. The number of hydrogen-bond donors (Lipinski definition) is 1. The van der Waals surface area contributed by atoms with Crippen molar-refractivity contribution in [2.75, 3.05) is 52.1 Å². The molecule has 10 nitrogen and oxygen atoms in total. The Morgan fingerprint density at radius 1 is 1.13 bits per heavy atom. The first-order chi connectivity index (χ1) is 18.1. The molecule has 1 atom stereocenters. The van der Waals surface area contributed by atoms with Crippen molar-refractivity contribution in [2.24, 2.45) is 0 Å². The summed E-state index contributed by atoms with van der Waals surface area (Å²) >= 11 is 0. The molecule has 0 radical (unpaired) electrons. The van der Waals surface area contributed by atoms with Crippen LogP contribution >= 0.6 is 0 Å². The molecule has 0 spiro atoms. The summed E-state index contributed by atoms with van der Waals surface area (Å²) in [5, 5.41) is 3.70. The van der Waals surface area contributed by atoms with Crippen LogP contribution in [0.5, 0.6) is 0 Å². The smallest absolute Gasteiger partial charge is 0.410 e. The lowest BCUT2D eigenvalue weighted by Crippen LogP contribution is -2.44. The van der Waals surface area contributed by atoms with Gasteiger partial charge in [-0.3, -0.25) is 4.79 Å². The topological polar surface area (TPSA) is 95.8 Å². The summed E-state index contributed by atoms with van der Waals surface area (Å²) in [5.74, 6) is 0.282. The second kappa shape index (κ2) is 12.1. The number of nitrogens with zero attached hydrogens (tertiary/aromatic N) is 6. The number of aromatic nitrogens is 3. The molecule has 0 saturated carbocycles. The van der Waals surface area contributed by atoms with Gasteiger partial charge < -0.3 is 29.3 Å². The van der Waals surface area contributed by atoms with Gasteiger partial charge in [-0.25, -0.2) is 14.8 Å². The Bertz CT molecular complexity index is 1150. The second-order valence-electron chi connectivity index (χ2n) is 11.3. The van der Waals surface area contributed by atoms with Gasteiger partial charge in [-0.05, 0) is 52.8 Å². The molecule has 10 heteroatoms. The fraction of sp³-hybridized carbons (Fsp3) is 0.643.